The van der Waals surface area contributed by atoms with E-state index >= 15 is 0 Å². The average Bonchev–Trinajstić information content (AvgIpc) is 3.29. The average molecular weight is 389 g/mol. The van der Waals surface area contributed by atoms with Gasteiger partial charge in [-0.2, -0.15) is 5.10 Å². The third-order valence-corrected chi connectivity index (χ3v) is 5.05. The summed E-state index contributed by atoms with van der Waals surface area (Å²) in [4.78, 5) is -0.0882. The molecule has 27 heavy (non-hydrogen) atoms. The molecule has 9 heteroatoms. The molecule has 0 saturated carbocycles. The minimum atomic E-state index is -3.94. The molecule has 0 aliphatic rings. The van der Waals surface area contributed by atoms with Gasteiger partial charge in [0.2, 0.25) is 10.0 Å². The lowest BCUT2D eigenvalue weighted by Crippen LogP contribution is -2.12. The third kappa shape index (κ3) is 3.22. The summed E-state index contributed by atoms with van der Waals surface area (Å²) >= 11 is 0. The molecule has 0 atom stereocenters. The van der Waals surface area contributed by atoms with E-state index in [4.69, 9.17) is 9.56 Å². The van der Waals surface area contributed by atoms with Crippen LogP contribution < -0.4 is 5.14 Å². The standard InChI is InChI=1S/C18H13F2N3O3S/c19-18(20)15-5-7-23(22-15)16-3-2-13(27(21,24)25)10-14(16)11-1-4-17-12(9-11)6-8-26-17/h1-10,18H,(H2,21,24,25). The summed E-state index contributed by atoms with van der Waals surface area (Å²) in [7, 11) is -3.94. The molecule has 0 unspecified atom stereocenters. The molecule has 138 valence electrons. The van der Waals surface area contributed by atoms with Gasteiger partial charge in [0.1, 0.15) is 11.3 Å². The highest BCUT2D eigenvalue weighted by Gasteiger charge is 2.17. The molecule has 4 rings (SSSR count). The lowest BCUT2D eigenvalue weighted by molar-refractivity contribution is 0.145. The van der Waals surface area contributed by atoms with Gasteiger partial charge >= 0.3 is 0 Å². The van der Waals surface area contributed by atoms with E-state index < -0.39 is 16.4 Å². The maximum atomic E-state index is 12.9. The van der Waals surface area contributed by atoms with Crippen LogP contribution in [0.15, 0.2) is 70.3 Å². The van der Waals surface area contributed by atoms with Crippen molar-refractivity contribution in [1.29, 1.82) is 0 Å². The monoisotopic (exact) mass is 389 g/mol. The van der Waals surface area contributed by atoms with Crippen molar-refractivity contribution in [3.63, 3.8) is 0 Å². The Hall–Kier alpha value is -3.04. The molecule has 0 aliphatic heterocycles. The third-order valence-electron chi connectivity index (χ3n) is 4.14. The maximum Gasteiger partial charge on any atom is 0.282 e. The SMILES string of the molecule is NS(=O)(=O)c1ccc(-n2ccc(C(F)F)n2)c(-c2ccc3occc3c2)c1. The number of hydrogen-bond donors (Lipinski definition) is 1. The van der Waals surface area contributed by atoms with Crippen LogP contribution in [0.3, 0.4) is 0 Å². The van der Waals surface area contributed by atoms with Crippen molar-refractivity contribution in [3.05, 3.63) is 66.7 Å². The van der Waals surface area contributed by atoms with E-state index in [1.165, 1.54) is 35.1 Å². The summed E-state index contributed by atoms with van der Waals surface area (Å²) in [6, 6.07) is 12.5. The second kappa shape index (κ2) is 6.29. The van der Waals surface area contributed by atoms with Crippen LogP contribution in [0.2, 0.25) is 0 Å². The summed E-state index contributed by atoms with van der Waals surface area (Å²) in [5.41, 5.74) is 1.88. The molecule has 0 bridgehead atoms. The van der Waals surface area contributed by atoms with Crippen molar-refractivity contribution >= 4 is 21.0 Å². The first-order valence-electron chi connectivity index (χ1n) is 7.81. The molecule has 6 nitrogen and oxygen atoms in total. The quantitative estimate of drug-likeness (QED) is 0.574. The van der Waals surface area contributed by atoms with Crippen LogP contribution in [0.25, 0.3) is 27.8 Å². The van der Waals surface area contributed by atoms with Gasteiger partial charge < -0.3 is 4.42 Å². The first-order chi connectivity index (χ1) is 12.8. The summed E-state index contributed by atoms with van der Waals surface area (Å²) in [5.74, 6) is 0. The number of aromatic nitrogens is 2. The van der Waals surface area contributed by atoms with E-state index in [1.54, 1.807) is 24.5 Å². The Morgan fingerprint density at radius 2 is 1.89 bits per heavy atom. The maximum absolute atomic E-state index is 12.9. The van der Waals surface area contributed by atoms with E-state index in [0.29, 0.717) is 22.4 Å². The summed E-state index contributed by atoms with van der Waals surface area (Å²) in [6.07, 6.45) is 0.229. The highest BCUT2D eigenvalue weighted by molar-refractivity contribution is 7.89. The molecule has 0 fully saturated rings. The topological polar surface area (TPSA) is 91.1 Å². The minimum Gasteiger partial charge on any atom is -0.464 e. The van der Waals surface area contributed by atoms with Crippen LogP contribution in [-0.4, -0.2) is 18.2 Å². The number of benzene rings is 2. The van der Waals surface area contributed by atoms with Crippen molar-refractivity contribution in [3.8, 4) is 16.8 Å². The molecular formula is C18H13F2N3O3S. The fourth-order valence-corrected chi connectivity index (χ4v) is 3.39. The van der Waals surface area contributed by atoms with Crippen molar-refractivity contribution in [1.82, 2.24) is 9.78 Å². The molecule has 0 aliphatic carbocycles. The second-order valence-electron chi connectivity index (χ2n) is 5.88. The van der Waals surface area contributed by atoms with E-state index in [-0.39, 0.29) is 10.6 Å². The van der Waals surface area contributed by atoms with E-state index in [2.05, 4.69) is 5.10 Å². The zero-order chi connectivity index (χ0) is 19.2. The summed E-state index contributed by atoms with van der Waals surface area (Å²) in [5, 5.41) is 9.94. The van der Waals surface area contributed by atoms with Crippen LogP contribution in [-0.2, 0) is 10.0 Å². The van der Waals surface area contributed by atoms with Crippen molar-refractivity contribution in [2.45, 2.75) is 11.3 Å². The van der Waals surface area contributed by atoms with Gasteiger partial charge in [0, 0.05) is 17.1 Å². The van der Waals surface area contributed by atoms with E-state index in [9.17, 15) is 17.2 Å². The Morgan fingerprint density at radius 3 is 2.59 bits per heavy atom. The van der Waals surface area contributed by atoms with Crippen LogP contribution in [0.5, 0.6) is 0 Å². The van der Waals surface area contributed by atoms with Crippen LogP contribution >= 0.6 is 0 Å². The van der Waals surface area contributed by atoms with Crippen LogP contribution in [0.4, 0.5) is 8.78 Å². The molecular weight excluding hydrogens is 376 g/mol. The number of furan rings is 1. The highest BCUT2D eigenvalue weighted by Crippen LogP contribution is 2.32. The highest BCUT2D eigenvalue weighted by atomic mass is 32.2. The zero-order valence-electron chi connectivity index (χ0n) is 13.7. The van der Waals surface area contributed by atoms with E-state index in [1.807, 2.05) is 6.07 Å². The molecule has 0 amide bonds. The van der Waals surface area contributed by atoms with Gasteiger partial charge in [0.05, 0.1) is 16.8 Å². The van der Waals surface area contributed by atoms with Crippen LogP contribution in [0.1, 0.15) is 12.1 Å². The van der Waals surface area contributed by atoms with Gasteiger partial charge in [-0.25, -0.2) is 27.0 Å². The van der Waals surface area contributed by atoms with Crippen LogP contribution in [0, 0.1) is 0 Å². The van der Waals surface area contributed by atoms with Gasteiger partial charge in [-0.1, -0.05) is 6.07 Å². The molecule has 2 aromatic carbocycles. The fraction of sp³-hybridized carbons (Fsp3) is 0.0556. The Balaban J connectivity index is 1.95. The predicted octanol–water partition coefficient (Wildman–Crippen LogP) is 3.87. The Labute approximate surface area is 152 Å². The van der Waals surface area contributed by atoms with Gasteiger partial charge in [-0.05, 0) is 48.0 Å². The smallest absolute Gasteiger partial charge is 0.282 e. The normalized spacial score (nSPS) is 12.1. The number of hydrogen-bond acceptors (Lipinski definition) is 4. The van der Waals surface area contributed by atoms with Gasteiger partial charge in [0.25, 0.3) is 6.43 Å². The summed E-state index contributed by atoms with van der Waals surface area (Å²) < 4.78 is 55.9. The van der Waals surface area contributed by atoms with Gasteiger partial charge in [-0.3, -0.25) is 0 Å². The lowest BCUT2D eigenvalue weighted by Gasteiger charge is -2.12. The van der Waals surface area contributed by atoms with Crippen molar-refractivity contribution in [2.24, 2.45) is 5.14 Å². The number of rotatable bonds is 4. The van der Waals surface area contributed by atoms with Gasteiger partial charge in [0.15, 0.2) is 0 Å². The number of fused-ring (bicyclic) bond motifs is 1. The molecule has 2 aromatic heterocycles. The van der Waals surface area contributed by atoms with Crippen molar-refractivity contribution in [2.75, 3.05) is 0 Å². The number of primary sulfonamides is 1. The Bertz CT molecular complexity index is 1250. The largest absolute Gasteiger partial charge is 0.464 e. The number of alkyl halides is 2. The first kappa shape index (κ1) is 17.4. The molecule has 0 spiro atoms. The molecule has 4 aromatic rings. The molecule has 2 heterocycles. The number of halogens is 2. The van der Waals surface area contributed by atoms with E-state index in [0.717, 1.165) is 5.39 Å². The number of sulfonamides is 1. The number of nitrogens with two attached hydrogens (primary N) is 1. The molecule has 2 N–H and O–H groups in total. The first-order valence-corrected chi connectivity index (χ1v) is 9.36. The molecule has 0 saturated heterocycles. The van der Waals surface area contributed by atoms with Crippen molar-refractivity contribution < 1.29 is 21.6 Å². The molecule has 0 radical (unpaired) electrons. The summed E-state index contributed by atoms with van der Waals surface area (Å²) in [6.45, 7) is 0. The minimum absolute atomic E-state index is 0.0882. The Kier molecular flexibility index (Phi) is 4.05. The fourth-order valence-electron chi connectivity index (χ4n) is 2.85. The second-order valence-corrected chi connectivity index (χ2v) is 7.44. The predicted molar refractivity (Wildman–Crippen MR) is 95.1 cm³/mol. The Morgan fingerprint density at radius 1 is 1.07 bits per heavy atom. The van der Waals surface area contributed by atoms with Gasteiger partial charge in [-0.15, -0.1) is 0 Å². The number of nitrogens with zero attached hydrogens (tertiary/aromatic N) is 2. The zero-order valence-corrected chi connectivity index (χ0v) is 14.5. The lowest BCUT2D eigenvalue weighted by atomic mass is 10.0.